The van der Waals surface area contributed by atoms with Gasteiger partial charge in [-0.1, -0.05) is 49.4 Å². The maximum Gasteiger partial charge on any atom is 0.227 e. The molecule has 2 aromatic rings. The molecule has 0 aromatic heterocycles. The van der Waals surface area contributed by atoms with Crippen LogP contribution in [0.3, 0.4) is 0 Å². The molecule has 2 unspecified atom stereocenters. The van der Waals surface area contributed by atoms with Gasteiger partial charge in [0, 0.05) is 32.2 Å². The van der Waals surface area contributed by atoms with E-state index in [0.29, 0.717) is 38.2 Å². The Morgan fingerprint density at radius 1 is 1.00 bits per heavy atom. The number of halogens is 2. The van der Waals surface area contributed by atoms with Crippen molar-refractivity contribution in [1.29, 1.82) is 0 Å². The van der Waals surface area contributed by atoms with E-state index in [4.69, 9.17) is 5.73 Å². The average Bonchev–Trinajstić information content (AvgIpc) is 2.99. The molecule has 1 saturated heterocycles. The highest BCUT2D eigenvalue weighted by atomic mass is 35.5. The zero-order valence-corrected chi connectivity index (χ0v) is 18.0. The van der Waals surface area contributed by atoms with Gasteiger partial charge in [0.25, 0.3) is 0 Å². The molecular formula is C23H29ClFN3O2. The van der Waals surface area contributed by atoms with Crippen LogP contribution in [0.5, 0.6) is 0 Å². The van der Waals surface area contributed by atoms with Gasteiger partial charge in [0.1, 0.15) is 5.82 Å². The number of rotatable bonds is 5. The summed E-state index contributed by atoms with van der Waals surface area (Å²) in [4.78, 5) is 29.2. The van der Waals surface area contributed by atoms with Crippen LogP contribution in [-0.4, -0.2) is 47.8 Å². The van der Waals surface area contributed by atoms with Gasteiger partial charge in [0.15, 0.2) is 0 Å². The van der Waals surface area contributed by atoms with Crippen LogP contribution in [0, 0.1) is 11.7 Å². The molecule has 2 amide bonds. The lowest BCUT2D eigenvalue weighted by Crippen LogP contribution is -2.42. The van der Waals surface area contributed by atoms with Crippen molar-refractivity contribution in [3.05, 3.63) is 71.5 Å². The van der Waals surface area contributed by atoms with Crippen LogP contribution in [0.4, 0.5) is 4.39 Å². The topological polar surface area (TPSA) is 66.6 Å². The Morgan fingerprint density at radius 2 is 1.67 bits per heavy atom. The van der Waals surface area contributed by atoms with Gasteiger partial charge in [-0.2, -0.15) is 0 Å². The molecule has 0 spiro atoms. The third kappa shape index (κ3) is 6.03. The summed E-state index contributed by atoms with van der Waals surface area (Å²) in [6.07, 6.45) is 0.884. The normalized spacial score (nSPS) is 16.2. The first-order valence-corrected chi connectivity index (χ1v) is 10.1. The Hall–Kier alpha value is -2.44. The van der Waals surface area contributed by atoms with E-state index in [-0.39, 0.29) is 48.4 Å². The van der Waals surface area contributed by atoms with E-state index < -0.39 is 0 Å². The number of hydrogen-bond acceptors (Lipinski definition) is 3. The highest BCUT2D eigenvalue weighted by molar-refractivity contribution is 5.85. The van der Waals surface area contributed by atoms with Crippen molar-refractivity contribution < 1.29 is 14.0 Å². The summed E-state index contributed by atoms with van der Waals surface area (Å²) in [6, 6.07) is 15.4. The standard InChI is InChI=1S/C23H28FN3O2.ClH/c1-17(22(25)19-8-3-2-4-9-19)23(29)27-12-6-11-26(13-14-27)21(28)16-18-7-5-10-20(24)15-18;/h2-5,7-10,15,17,22H,6,11-14,16,25H2,1H3;1H. The van der Waals surface area contributed by atoms with Crippen LogP contribution in [0.15, 0.2) is 54.6 Å². The molecule has 0 saturated carbocycles. The van der Waals surface area contributed by atoms with Crippen LogP contribution < -0.4 is 5.73 Å². The number of hydrogen-bond donors (Lipinski definition) is 1. The zero-order valence-electron chi connectivity index (χ0n) is 17.2. The molecule has 162 valence electrons. The van der Waals surface area contributed by atoms with Gasteiger partial charge >= 0.3 is 0 Å². The molecule has 1 aliphatic heterocycles. The second-order valence-electron chi connectivity index (χ2n) is 7.59. The summed E-state index contributed by atoms with van der Waals surface area (Å²) in [7, 11) is 0. The predicted octanol–water partition coefficient (Wildman–Crippen LogP) is 3.19. The highest BCUT2D eigenvalue weighted by Crippen LogP contribution is 2.22. The molecule has 1 heterocycles. The minimum absolute atomic E-state index is 0. The van der Waals surface area contributed by atoms with Gasteiger partial charge < -0.3 is 15.5 Å². The van der Waals surface area contributed by atoms with Crippen LogP contribution in [0.2, 0.25) is 0 Å². The maximum atomic E-state index is 13.3. The monoisotopic (exact) mass is 433 g/mol. The minimum atomic E-state index is -0.363. The number of nitrogens with zero attached hydrogens (tertiary/aromatic N) is 2. The molecule has 0 radical (unpaired) electrons. The van der Waals surface area contributed by atoms with Gasteiger partial charge in [0.2, 0.25) is 11.8 Å². The fraction of sp³-hybridized carbons (Fsp3) is 0.391. The van der Waals surface area contributed by atoms with Crippen LogP contribution in [0.1, 0.15) is 30.5 Å². The molecule has 1 fully saturated rings. The summed E-state index contributed by atoms with van der Waals surface area (Å²) in [5.41, 5.74) is 7.92. The highest BCUT2D eigenvalue weighted by Gasteiger charge is 2.29. The molecule has 1 aliphatic rings. The van der Waals surface area contributed by atoms with Crippen molar-refractivity contribution in [3.8, 4) is 0 Å². The largest absolute Gasteiger partial charge is 0.341 e. The number of benzene rings is 2. The Bertz CT molecular complexity index is 849. The van der Waals surface area contributed by atoms with Gasteiger partial charge in [0.05, 0.1) is 12.3 Å². The van der Waals surface area contributed by atoms with Crippen molar-refractivity contribution in [1.82, 2.24) is 9.80 Å². The number of carbonyl (C=O) groups is 2. The predicted molar refractivity (Wildman–Crippen MR) is 118 cm³/mol. The molecule has 2 aromatic carbocycles. The Labute approximate surface area is 183 Å². The van der Waals surface area contributed by atoms with Gasteiger partial charge in [-0.15, -0.1) is 12.4 Å². The lowest BCUT2D eigenvalue weighted by atomic mass is 9.94. The Morgan fingerprint density at radius 3 is 2.37 bits per heavy atom. The number of carbonyl (C=O) groups excluding carboxylic acids is 2. The lowest BCUT2D eigenvalue weighted by Gasteiger charge is -2.27. The van der Waals surface area contributed by atoms with Gasteiger partial charge in [-0.05, 0) is 29.7 Å². The maximum absolute atomic E-state index is 13.3. The first-order valence-electron chi connectivity index (χ1n) is 10.1. The van der Waals surface area contributed by atoms with Crippen LogP contribution in [0.25, 0.3) is 0 Å². The van der Waals surface area contributed by atoms with Crippen molar-refractivity contribution in [3.63, 3.8) is 0 Å². The molecule has 2 atom stereocenters. The third-order valence-corrected chi connectivity index (χ3v) is 5.52. The second kappa shape index (κ2) is 11.1. The quantitative estimate of drug-likeness (QED) is 0.787. The summed E-state index contributed by atoms with van der Waals surface area (Å²) >= 11 is 0. The Balaban J connectivity index is 0.00000320. The van der Waals surface area contributed by atoms with Crippen LogP contribution in [-0.2, 0) is 16.0 Å². The van der Waals surface area contributed by atoms with Crippen molar-refractivity contribution in [2.75, 3.05) is 26.2 Å². The van der Waals surface area contributed by atoms with Gasteiger partial charge in [-0.3, -0.25) is 9.59 Å². The van der Waals surface area contributed by atoms with Crippen LogP contribution >= 0.6 is 12.4 Å². The summed E-state index contributed by atoms with van der Waals surface area (Å²) in [5.74, 6) is -0.710. The molecule has 0 bridgehead atoms. The molecule has 0 aliphatic carbocycles. The van der Waals surface area contributed by atoms with E-state index >= 15 is 0 Å². The zero-order chi connectivity index (χ0) is 20.8. The lowest BCUT2D eigenvalue weighted by molar-refractivity contribution is -0.136. The van der Waals surface area contributed by atoms with Crippen molar-refractivity contribution in [2.45, 2.75) is 25.8 Å². The molecule has 2 N–H and O–H groups in total. The number of nitrogens with two attached hydrogens (primary N) is 1. The summed E-state index contributed by atoms with van der Waals surface area (Å²) in [5, 5.41) is 0. The molecule has 30 heavy (non-hydrogen) atoms. The van der Waals surface area contributed by atoms with Crippen molar-refractivity contribution >= 4 is 24.2 Å². The first kappa shape index (κ1) is 23.8. The van der Waals surface area contributed by atoms with E-state index in [9.17, 15) is 14.0 Å². The fourth-order valence-electron chi connectivity index (χ4n) is 3.73. The van der Waals surface area contributed by atoms with E-state index in [0.717, 1.165) is 5.56 Å². The van der Waals surface area contributed by atoms with E-state index in [2.05, 4.69) is 0 Å². The molecule has 3 rings (SSSR count). The minimum Gasteiger partial charge on any atom is -0.341 e. The van der Waals surface area contributed by atoms with Gasteiger partial charge in [-0.25, -0.2) is 4.39 Å². The Kier molecular flexibility index (Phi) is 8.81. The van der Waals surface area contributed by atoms with E-state index in [1.807, 2.05) is 42.2 Å². The summed E-state index contributed by atoms with van der Waals surface area (Å²) in [6.45, 7) is 4.02. The third-order valence-electron chi connectivity index (χ3n) is 5.52. The summed E-state index contributed by atoms with van der Waals surface area (Å²) < 4.78 is 13.3. The average molecular weight is 434 g/mol. The molecular weight excluding hydrogens is 405 g/mol. The van der Waals surface area contributed by atoms with Crippen molar-refractivity contribution in [2.24, 2.45) is 11.7 Å². The molecule has 7 heteroatoms. The van der Waals surface area contributed by atoms with E-state index in [1.165, 1.54) is 12.1 Å². The number of amides is 2. The molecule has 5 nitrogen and oxygen atoms in total. The smallest absolute Gasteiger partial charge is 0.227 e. The van der Waals surface area contributed by atoms with E-state index in [1.54, 1.807) is 17.0 Å². The SMILES string of the molecule is CC(C(=O)N1CCCN(C(=O)Cc2cccc(F)c2)CC1)C(N)c1ccccc1.Cl. The second-order valence-corrected chi connectivity index (χ2v) is 7.59. The first-order chi connectivity index (χ1) is 14.0. The fourth-order valence-corrected chi connectivity index (χ4v) is 3.73.